The van der Waals surface area contributed by atoms with Crippen LogP contribution in [0.15, 0.2) is 17.2 Å². The van der Waals surface area contributed by atoms with Gasteiger partial charge in [0.15, 0.2) is 0 Å². The quantitative estimate of drug-likeness (QED) is 0.859. The van der Waals surface area contributed by atoms with Crippen molar-refractivity contribution in [3.8, 4) is 0 Å². The number of hydrogen-bond acceptors (Lipinski definition) is 5. The molecule has 0 saturated carbocycles. The van der Waals surface area contributed by atoms with Crippen LogP contribution in [0.25, 0.3) is 0 Å². The summed E-state index contributed by atoms with van der Waals surface area (Å²) in [7, 11) is 0. The lowest BCUT2D eigenvalue weighted by molar-refractivity contribution is -0.132. The van der Waals surface area contributed by atoms with E-state index in [9.17, 15) is 4.79 Å². The van der Waals surface area contributed by atoms with Crippen LogP contribution in [0.4, 0.5) is 0 Å². The first-order valence-electron chi connectivity index (χ1n) is 7.69. The van der Waals surface area contributed by atoms with Gasteiger partial charge in [0.2, 0.25) is 5.91 Å². The van der Waals surface area contributed by atoms with E-state index >= 15 is 0 Å². The van der Waals surface area contributed by atoms with E-state index in [4.69, 9.17) is 4.52 Å². The minimum absolute atomic E-state index is 0.185. The van der Waals surface area contributed by atoms with Crippen LogP contribution in [0.5, 0.6) is 0 Å². The molecular formula is C15H21N5O2. The number of piperidine rings is 1. The molecule has 0 aromatic carbocycles. The average Bonchev–Trinajstić information content (AvgIpc) is 3.16. The minimum atomic E-state index is 0.185. The Kier molecular flexibility index (Phi) is 4.22. The molecule has 1 atom stereocenters. The summed E-state index contributed by atoms with van der Waals surface area (Å²) in [5.41, 5.74) is 1.93. The van der Waals surface area contributed by atoms with Gasteiger partial charge in [-0.3, -0.25) is 4.79 Å². The van der Waals surface area contributed by atoms with E-state index in [2.05, 4.69) is 15.2 Å². The standard InChI is InChI=1S/C15H21N5O2/c1-11-14(12(2)22-18-11)5-6-15(21)19-7-3-4-13(8-19)20-10-16-9-17-20/h9-10,13H,3-8H2,1-2H3/t13-/m1/s1. The van der Waals surface area contributed by atoms with Crippen LogP contribution in [0.2, 0.25) is 0 Å². The summed E-state index contributed by atoms with van der Waals surface area (Å²) < 4.78 is 7.00. The van der Waals surface area contributed by atoms with E-state index in [-0.39, 0.29) is 11.9 Å². The average molecular weight is 303 g/mol. The third-order valence-corrected chi connectivity index (χ3v) is 4.33. The molecule has 118 valence electrons. The topological polar surface area (TPSA) is 77.0 Å². The zero-order chi connectivity index (χ0) is 15.5. The summed E-state index contributed by atoms with van der Waals surface area (Å²) in [4.78, 5) is 18.4. The Morgan fingerprint density at radius 3 is 3.00 bits per heavy atom. The van der Waals surface area contributed by atoms with Gasteiger partial charge >= 0.3 is 0 Å². The Labute approximate surface area is 129 Å². The van der Waals surface area contributed by atoms with E-state index in [0.717, 1.165) is 36.4 Å². The molecule has 1 aliphatic rings. The first kappa shape index (κ1) is 14.7. The molecule has 3 heterocycles. The normalized spacial score (nSPS) is 18.6. The highest BCUT2D eigenvalue weighted by atomic mass is 16.5. The largest absolute Gasteiger partial charge is 0.361 e. The number of hydrogen-bond donors (Lipinski definition) is 0. The number of aryl methyl sites for hydroxylation is 2. The summed E-state index contributed by atoms with van der Waals surface area (Å²) in [5, 5.41) is 8.12. The van der Waals surface area contributed by atoms with Crippen molar-refractivity contribution in [3.63, 3.8) is 0 Å². The molecule has 7 heteroatoms. The molecule has 0 radical (unpaired) electrons. The summed E-state index contributed by atoms with van der Waals surface area (Å²) >= 11 is 0. The molecule has 1 aliphatic heterocycles. The number of carbonyl (C=O) groups is 1. The molecule has 3 rings (SSSR count). The van der Waals surface area contributed by atoms with Crippen molar-refractivity contribution in [3.05, 3.63) is 29.7 Å². The molecule has 22 heavy (non-hydrogen) atoms. The van der Waals surface area contributed by atoms with E-state index in [1.54, 1.807) is 6.33 Å². The monoisotopic (exact) mass is 303 g/mol. The van der Waals surface area contributed by atoms with Crippen molar-refractivity contribution in [2.75, 3.05) is 13.1 Å². The van der Waals surface area contributed by atoms with Crippen molar-refractivity contribution < 1.29 is 9.32 Å². The number of rotatable bonds is 4. The van der Waals surface area contributed by atoms with Crippen LogP contribution in [0.3, 0.4) is 0 Å². The lowest BCUT2D eigenvalue weighted by Crippen LogP contribution is -2.41. The number of nitrogens with zero attached hydrogens (tertiary/aromatic N) is 5. The number of amides is 1. The van der Waals surface area contributed by atoms with Gasteiger partial charge in [-0.25, -0.2) is 9.67 Å². The van der Waals surface area contributed by atoms with E-state index < -0.39 is 0 Å². The van der Waals surface area contributed by atoms with Gasteiger partial charge in [-0.15, -0.1) is 0 Å². The molecule has 2 aromatic heterocycles. The second-order valence-electron chi connectivity index (χ2n) is 5.81. The van der Waals surface area contributed by atoms with Gasteiger partial charge in [0, 0.05) is 25.1 Å². The van der Waals surface area contributed by atoms with Crippen molar-refractivity contribution in [1.29, 1.82) is 0 Å². The van der Waals surface area contributed by atoms with Crippen LogP contribution in [0, 0.1) is 13.8 Å². The number of likely N-dealkylation sites (tertiary alicyclic amines) is 1. The Hall–Kier alpha value is -2.18. The van der Waals surface area contributed by atoms with Crippen molar-refractivity contribution in [1.82, 2.24) is 24.8 Å². The molecule has 0 unspecified atom stereocenters. The first-order valence-corrected chi connectivity index (χ1v) is 7.69. The first-order chi connectivity index (χ1) is 10.6. The molecule has 0 bridgehead atoms. The lowest BCUT2D eigenvalue weighted by atomic mass is 10.0. The lowest BCUT2D eigenvalue weighted by Gasteiger charge is -2.32. The van der Waals surface area contributed by atoms with E-state index in [1.165, 1.54) is 6.33 Å². The van der Waals surface area contributed by atoms with Crippen molar-refractivity contribution in [2.45, 2.75) is 45.6 Å². The molecule has 1 saturated heterocycles. The Morgan fingerprint density at radius 2 is 2.32 bits per heavy atom. The zero-order valence-corrected chi connectivity index (χ0v) is 13.0. The van der Waals surface area contributed by atoms with Crippen LogP contribution >= 0.6 is 0 Å². The second-order valence-corrected chi connectivity index (χ2v) is 5.81. The number of aromatic nitrogens is 4. The van der Waals surface area contributed by atoms with Crippen LogP contribution < -0.4 is 0 Å². The molecule has 0 aliphatic carbocycles. The van der Waals surface area contributed by atoms with Crippen LogP contribution in [0.1, 0.15) is 42.3 Å². The second kappa shape index (κ2) is 6.29. The van der Waals surface area contributed by atoms with Gasteiger partial charge in [-0.2, -0.15) is 5.10 Å². The summed E-state index contributed by atoms with van der Waals surface area (Å²) in [6.07, 6.45) is 6.48. The van der Waals surface area contributed by atoms with Gasteiger partial charge in [0.25, 0.3) is 0 Å². The molecule has 1 fully saturated rings. The molecule has 0 N–H and O–H groups in total. The Balaban J connectivity index is 1.58. The zero-order valence-electron chi connectivity index (χ0n) is 13.0. The predicted molar refractivity (Wildman–Crippen MR) is 79.2 cm³/mol. The fourth-order valence-corrected chi connectivity index (χ4v) is 3.05. The smallest absolute Gasteiger partial charge is 0.222 e. The van der Waals surface area contributed by atoms with Crippen LogP contribution in [-0.4, -0.2) is 43.8 Å². The summed E-state index contributed by atoms with van der Waals surface area (Å²) in [5.74, 6) is 0.995. The van der Waals surface area contributed by atoms with Gasteiger partial charge in [-0.05, 0) is 33.1 Å². The maximum absolute atomic E-state index is 12.5. The van der Waals surface area contributed by atoms with Gasteiger partial charge < -0.3 is 9.42 Å². The SMILES string of the molecule is Cc1noc(C)c1CCC(=O)N1CCC[C@@H](n2cncn2)C1. The van der Waals surface area contributed by atoms with Gasteiger partial charge in [0.1, 0.15) is 18.4 Å². The molecule has 0 spiro atoms. The minimum Gasteiger partial charge on any atom is -0.361 e. The third kappa shape index (κ3) is 3.03. The van der Waals surface area contributed by atoms with E-state index in [1.807, 2.05) is 23.4 Å². The third-order valence-electron chi connectivity index (χ3n) is 4.33. The van der Waals surface area contributed by atoms with Gasteiger partial charge in [0.05, 0.1) is 11.7 Å². The highest BCUT2D eigenvalue weighted by Gasteiger charge is 2.25. The van der Waals surface area contributed by atoms with Gasteiger partial charge in [-0.1, -0.05) is 5.16 Å². The maximum atomic E-state index is 12.5. The number of carbonyl (C=O) groups excluding carboxylic acids is 1. The van der Waals surface area contributed by atoms with Crippen molar-refractivity contribution >= 4 is 5.91 Å². The fraction of sp³-hybridized carbons (Fsp3) is 0.600. The molecule has 2 aromatic rings. The van der Waals surface area contributed by atoms with Crippen LogP contribution in [-0.2, 0) is 11.2 Å². The Bertz CT molecular complexity index is 615. The Morgan fingerprint density at radius 1 is 1.45 bits per heavy atom. The molecule has 7 nitrogen and oxygen atoms in total. The molecule has 1 amide bonds. The highest BCUT2D eigenvalue weighted by Crippen LogP contribution is 2.22. The molecular weight excluding hydrogens is 282 g/mol. The predicted octanol–water partition coefficient (Wildman–Crippen LogP) is 1.68. The maximum Gasteiger partial charge on any atom is 0.222 e. The summed E-state index contributed by atoms with van der Waals surface area (Å²) in [6.45, 7) is 5.34. The highest BCUT2D eigenvalue weighted by molar-refractivity contribution is 5.76. The fourth-order valence-electron chi connectivity index (χ4n) is 3.05. The van der Waals surface area contributed by atoms with Crippen molar-refractivity contribution in [2.24, 2.45) is 0 Å². The summed E-state index contributed by atoms with van der Waals surface area (Å²) in [6, 6.07) is 0.235. The van der Waals surface area contributed by atoms with E-state index in [0.29, 0.717) is 19.4 Å².